The molecule has 97 heavy (non-hydrogen) atoms. The Labute approximate surface area is 584 Å². The summed E-state index contributed by atoms with van der Waals surface area (Å²) in [4.78, 5) is 85.9. The molecule has 24 heteroatoms. The lowest BCUT2D eigenvalue weighted by molar-refractivity contribution is -0.147. The van der Waals surface area contributed by atoms with Gasteiger partial charge >= 0.3 is 36.4 Å². The Balaban J connectivity index is 0.000000307. The van der Waals surface area contributed by atoms with Crippen molar-refractivity contribution in [3.05, 3.63) is 91.0 Å². The van der Waals surface area contributed by atoms with Crippen LogP contribution in [0.5, 0.6) is 0 Å². The first kappa shape index (κ1) is 84.3. The van der Waals surface area contributed by atoms with E-state index in [1.807, 2.05) is 82.8 Å². The van der Waals surface area contributed by atoms with Crippen molar-refractivity contribution in [1.82, 2.24) is 20.4 Å². The smallest absolute Gasteiger partial charge is 0.469 e. The van der Waals surface area contributed by atoms with Crippen LogP contribution in [0.25, 0.3) is 0 Å². The number of aliphatic imine (C=N–C) groups is 2. The minimum Gasteiger partial charge on any atom is -0.469 e. The van der Waals surface area contributed by atoms with Crippen LogP contribution in [-0.4, -0.2) is 200 Å². The van der Waals surface area contributed by atoms with Gasteiger partial charge in [0.1, 0.15) is 34.1 Å². The van der Waals surface area contributed by atoms with E-state index in [9.17, 15) is 28.8 Å². The zero-order chi connectivity index (χ0) is 72.2. The SMILES string of the molecule is CC(C)(C)OC(=O)N1CCC(C2=NCCN2c2ccccc2)CC1.CC(C)(C)OC(=O)OC(=O)OC(C)(C)C.COC(=O)C1CCN(C(=O)OC(C)(C)C)CC1.COC(=O)C1CCNCC1.NCCNc1ccccc1.[CH3][Al]([CH3])[CH3].c1ccc(N2CCN=C2C2CCNCC2)cc1. The van der Waals surface area contributed by atoms with Gasteiger partial charge in [-0.1, -0.05) is 54.6 Å². The fraction of sp³-hybridized carbons (Fsp3) is 0.644. The number of likely N-dealkylation sites (tertiary alicyclic amines) is 2. The summed E-state index contributed by atoms with van der Waals surface area (Å²) in [6.07, 6.45) is 4.85. The summed E-state index contributed by atoms with van der Waals surface area (Å²) in [5.41, 5.74) is 6.65. The number of anilines is 3. The molecular formula is C73H119AlN10O13. The van der Waals surface area contributed by atoms with Crippen LogP contribution in [0.4, 0.5) is 36.2 Å². The molecule has 542 valence electrons. The number of nitrogens with one attached hydrogen (secondary N) is 3. The van der Waals surface area contributed by atoms with Crippen LogP contribution >= 0.6 is 0 Å². The highest BCUT2D eigenvalue weighted by Crippen LogP contribution is 2.29. The fourth-order valence-corrected chi connectivity index (χ4v) is 10.5. The number of esters is 2. The number of nitrogens with zero attached hydrogens (tertiary/aromatic N) is 6. The zero-order valence-electron chi connectivity index (χ0n) is 61.7. The predicted octanol–water partition coefficient (Wildman–Crippen LogP) is 12.7. The molecule has 6 aliphatic heterocycles. The Hall–Kier alpha value is -6.97. The lowest BCUT2D eigenvalue weighted by Gasteiger charge is -2.35. The molecule has 2 amide bonds. The number of rotatable bonds is 9. The van der Waals surface area contributed by atoms with Crippen molar-refractivity contribution in [3.8, 4) is 0 Å². The van der Waals surface area contributed by atoms with Crippen LogP contribution in [-0.2, 0) is 42.7 Å². The van der Waals surface area contributed by atoms with Crippen molar-refractivity contribution in [2.75, 3.05) is 121 Å². The van der Waals surface area contributed by atoms with Gasteiger partial charge in [-0.3, -0.25) is 19.6 Å². The lowest BCUT2D eigenvalue weighted by atomic mass is 9.95. The van der Waals surface area contributed by atoms with Crippen LogP contribution in [0.2, 0.25) is 17.4 Å². The third-order valence-corrected chi connectivity index (χ3v) is 14.8. The summed E-state index contributed by atoms with van der Waals surface area (Å²) in [6.45, 7) is 33.3. The molecular weight excluding hydrogens is 1250 g/mol. The monoisotopic (exact) mass is 1370 g/mol. The van der Waals surface area contributed by atoms with E-state index in [1.54, 1.807) is 46.4 Å². The maximum atomic E-state index is 12.2. The standard InChI is InChI=1S/C19H27N3O2.C14H19N3.C12H21NO4.C10H18O5.C8H12N2.C7H13NO2.3CH3.Al/c1-19(2,3)24-18(23)21-12-9-15(10-13-21)17-20-11-14-22(17)16-7-5-4-6-8-16;1-2-4-13(5-3-1)17-11-10-16-14(17)12-6-8-15-9-7-12;1-12(2,3)17-11(15)13-7-5-9(6-8-13)10(14)16-4;1-9(2,3)14-7(11)13-8(12)15-10(4,5)6;9-6-7-10-8-4-2-1-3-5-8;1-10-7(9)6-2-4-8-5-3-6;;;;/h4-8,15H,9-14H2,1-3H3;1-5,12,15H,6-11H2;9H,5-8H2,1-4H3;1-6H3;1-5,10H,6-7,9H2;6,8H,2-5H2,1H3;3*1H3;. The summed E-state index contributed by atoms with van der Waals surface area (Å²) in [7, 11) is 2.84. The van der Waals surface area contributed by atoms with Gasteiger partial charge in [0.05, 0.1) is 39.1 Å². The van der Waals surface area contributed by atoms with Crippen molar-refractivity contribution in [3.63, 3.8) is 0 Å². The number of piperidine rings is 4. The number of amidine groups is 2. The number of methoxy groups -OCH3 is 2. The summed E-state index contributed by atoms with van der Waals surface area (Å²) < 4.78 is 33.9. The van der Waals surface area contributed by atoms with Gasteiger partial charge in [-0.15, -0.1) is 17.4 Å². The molecule has 6 heterocycles. The molecule has 0 unspecified atom stereocenters. The molecule has 3 aromatic carbocycles. The van der Waals surface area contributed by atoms with Gasteiger partial charge in [0.25, 0.3) is 14.1 Å². The van der Waals surface area contributed by atoms with Gasteiger partial charge in [-0.2, -0.15) is 0 Å². The quantitative estimate of drug-likeness (QED) is 0.0671. The normalized spacial score (nSPS) is 16.9. The Morgan fingerprint density at radius 3 is 1.16 bits per heavy atom. The number of hydrogen-bond acceptors (Lipinski definition) is 21. The molecule has 0 bridgehead atoms. The highest BCUT2D eigenvalue weighted by Gasteiger charge is 2.34. The molecule has 0 spiro atoms. The summed E-state index contributed by atoms with van der Waals surface area (Å²) in [5, 5.41) is 9.77. The van der Waals surface area contributed by atoms with E-state index in [2.05, 4.69) is 107 Å². The number of amides is 2. The van der Waals surface area contributed by atoms with E-state index < -0.39 is 34.7 Å². The highest BCUT2D eigenvalue weighted by atomic mass is 27.2. The predicted molar refractivity (Wildman–Crippen MR) is 389 cm³/mol. The number of benzene rings is 3. The third kappa shape index (κ3) is 35.9. The van der Waals surface area contributed by atoms with Gasteiger partial charge in [-0.05, 0) is 197 Å². The molecule has 6 aliphatic rings. The highest BCUT2D eigenvalue weighted by molar-refractivity contribution is 6.54. The van der Waals surface area contributed by atoms with Crippen molar-refractivity contribution < 1.29 is 61.9 Å². The maximum Gasteiger partial charge on any atom is 0.519 e. The Kier molecular flexibility index (Phi) is 37.7. The van der Waals surface area contributed by atoms with Gasteiger partial charge in [0, 0.05) is 81.3 Å². The zero-order valence-corrected chi connectivity index (χ0v) is 62.8. The first-order valence-electron chi connectivity index (χ1n) is 34.6. The lowest BCUT2D eigenvalue weighted by Crippen LogP contribution is -2.45. The molecule has 4 fully saturated rings. The number of para-hydroxylation sites is 3. The van der Waals surface area contributed by atoms with E-state index in [1.165, 1.54) is 50.1 Å². The fourth-order valence-electron chi connectivity index (χ4n) is 10.5. The van der Waals surface area contributed by atoms with Gasteiger partial charge in [0.2, 0.25) is 0 Å². The molecule has 0 radical (unpaired) electrons. The van der Waals surface area contributed by atoms with Crippen LogP contribution in [0.1, 0.15) is 134 Å². The second-order valence-corrected chi connectivity index (χ2v) is 32.3. The first-order chi connectivity index (χ1) is 45.7. The van der Waals surface area contributed by atoms with Crippen molar-refractivity contribution >= 4 is 79.3 Å². The average molecular weight is 1370 g/mol. The van der Waals surface area contributed by atoms with E-state index in [0.29, 0.717) is 44.3 Å². The number of carbonyl (C=O) groups is 6. The average Bonchev–Trinajstić information content (AvgIpc) is 1.73. The second kappa shape index (κ2) is 43.4. The van der Waals surface area contributed by atoms with Gasteiger partial charge in [-0.25, -0.2) is 19.2 Å². The molecule has 0 atom stereocenters. The van der Waals surface area contributed by atoms with Crippen LogP contribution in [0.15, 0.2) is 101 Å². The van der Waals surface area contributed by atoms with Crippen molar-refractivity contribution in [2.24, 2.45) is 39.4 Å². The molecule has 5 N–H and O–H groups in total. The van der Waals surface area contributed by atoms with Crippen molar-refractivity contribution in [1.29, 1.82) is 0 Å². The second-order valence-electron chi connectivity index (χ2n) is 28.9. The molecule has 3 aromatic rings. The Morgan fingerprint density at radius 1 is 0.485 bits per heavy atom. The maximum absolute atomic E-state index is 12.2. The summed E-state index contributed by atoms with van der Waals surface area (Å²) in [5.74, 6) is 10.3. The van der Waals surface area contributed by atoms with Crippen LogP contribution in [0, 0.1) is 23.7 Å². The number of carbonyl (C=O) groups excluding carboxylic acids is 6. The van der Waals surface area contributed by atoms with E-state index in [4.69, 9.17) is 39.4 Å². The Bertz CT molecular complexity index is 2790. The minimum absolute atomic E-state index is 0.0542. The van der Waals surface area contributed by atoms with E-state index in [0.717, 1.165) is 103 Å². The first-order valence-corrected chi connectivity index (χ1v) is 38.1. The van der Waals surface area contributed by atoms with Crippen LogP contribution < -0.4 is 31.5 Å². The van der Waals surface area contributed by atoms with Gasteiger partial charge in [0.15, 0.2) is 0 Å². The molecule has 0 aromatic heterocycles. The molecule has 0 saturated carbocycles. The van der Waals surface area contributed by atoms with E-state index >= 15 is 0 Å². The number of hydrogen-bond donors (Lipinski definition) is 4. The minimum atomic E-state index is -1.06. The number of nitrogens with two attached hydrogens (primary N) is 1. The molecule has 4 saturated heterocycles. The molecule has 23 nitrogen and oxygen atoms in total. The molecule has 0 aliphatic carbocycles. The summed E-state index contributed by atoms with van der Waals surface area (Å²) in [6, 6.07) is 31.1. The van der Waals surface area contributed by atoms with Gasteiger partial charge < -0.3 is 74.4 Å². The third-order valence-electron chi connectivity index (χ3n) is 14.8. The van der Waals surface area contributed by atoms with E-state index in [-0.39, 0.29) is 50.1 Å². The topological polar surface area (TPSA) is 267 Å². The molecule has 9 rings (SSSR count). The van der Waals surface area contributed by atoms with Crippen LogP contribution in [0.3, 0.4) is 0 Å². The number of ether oxygens (including phenoxy) is 7. The largest absolute Gasteiger partial charge is 0.519 e. The Morgan fingerprint density at radius 2 is 0.814 bits per heavy atom. The van der Waals surface area contributed by atoms with Crippen molar-refractivity contribution in [2.45, 2.75) is 174 Å². The summed E-state index contributed by atoms with van der Waals surface area (Å²) >= 11 is -0.139.